The smallest absolute Gasteiger partial charge is 0.343 e. The summed E-state index contributed by atoms with van der Waals surface area (Å²) in [5, 5.41) is 16.1. The number of cyclic esters (lactones) is 1. The van der Waals surface area contributed by atoms with Crippen molar-refractivity contribution in [3.05, 3.63) is 62.9 Å². The van der Waals surface area contributed by atoms with Crippen LogP contribution < -0.4 is 16.7 Å². The lowest BCUT2D eigenvalue weighted by atomic mass is 9.86. The van der Waals surface area contributed by atoms with Crippen molar-refractivity contribution in [2.24, 2.45) is 16.8 Å². The van der Waals surface area contributed by atoms with Gasteiger partial charge in [-0.15, -0.1) is 12.4 Å². The highest BCUT2D eigenvalue weighted by Gasteiger charge is 2.45. The number of amides is 1. The van der Waals surface area contributed by atoms with Gasteiger partial charge in [-0.25, -0.2) is 15.2 Å². The van der Waals surface area contributed by atoms with Crippen LogP contribution in [0.25, 0.3) is 22.3 Å². The molecule has 0 bridgehead atoms. The van der Waals surface area contributed by atoms with E-state index in [0.29, 0.717) is 22.5 Å². The Morgan fingerprint density at radius 2 is 2.05 bits per heavy atom. The number of hydrazone groups is 1. The molecule has 0 fully saturated rings. The summed E-state index contributed by atoms with van der Waals surface area (Å²) < 4.78 is 6.71. The van der Waals surface area contributed by atoms with Crippen LogP contribution in [0.1, 0.15) is 55.9 Å². The minimum Gasteiger partial charge on any atom is -0.458 e. The molecule has 0 saturated carbocycles. The van der Waals surface area contributed by atoms with Crippen LogP contribution in [0, 0.1) is 5.92 Å². The Kier molecular flexibility index (Phi) is 7.42. The van der Waals surface area contributed by atoms with Crippen LogP contribution in [-0.4, -0.2) is 38.8 Å². The molecule has 0 spiro atoms. The van der Waals surface area contributed by atoms with Gasteiger partial charge in [-0.1, -0.05) is 45.4 Å². The van der Waals surface area contributed by atoms with Gasteiger partial charge in [0.15, 0.2) is 5.60 Å². The molecule has 11 heteroatoms. The zero-order chi connectivity index (χ0) is 26.5. The molecule has 2 aliphatic rings. The SMILES string of the molecule is CCC(C)C(N)C(=O)NN=Cc1c2c(nc3ccccc13)-c1cc3c(c(=O)n1C2)COC(=O)[C@]3(O)CC.Cl. The fourth-order valence-corrected chi connectivity index (χ4v) is 4.95. The van der Waals surface area contributed by atoms with Crippen molar-refractivity contribution in [1.29, 1.82) is 0 Å². The molecule has 0 radical (unpaired) electrons. The van der Waals surface area contributed by atoms with Crippen molar-refractivity contribution < 1.29 is 19.4 Å². The summed E-state index contributed by atoms with van der Waals surface area (Å²) in [6.07, 6.45) is 2.38. The van der Waals surface area contributed by atoms with Gasteiger partial charge in [0.1, 0.15) is 6.61 Å². The Morgan fingerprint density at radius 3 is 2.76 bits per heavy atom. The first kappa shape index (κ1) is 27.4. The standard InChI is InChI=1S/C27H29N5O5.ClH/c1-4-14(3)22(28)24(33)31-29-11-16-15-8-6-7-9-20(15)30-23-17(16)12-32-21(23)10-19-18(25(32)34)13-37-26(35)27(19,36)5-2;/h6-11,14,22,36H,4-5,12-13,28H2,1-3H3,(H,31,33);1H/t14?,22?,27-;/m0./s1. The van der Waals surface area contributed by atoms with Crippen molar-refractivity contribution in [2.45, 2.75) is 58.4 Å². The lowest BCUT2D eigenvalue weighted by molar-refractivity contribution is -0.172. The number of carbonyl (C=O) groups is 2. The predicted octanol–water partition coefficient (Wildman–Crippen LogP) is 2.32. The van der Waals surface area contributed by atoms with E-state index in [0.717, 1.165) is 17.4 Å². The van der Waals surface area contributed by atoms with E-state index in [1.54, 1.807) is 23.8 Å². The summed E-state index contributed by atoms with van der Waals surface area (Å²) >= 11 is 0. The van der Waals surface area contributed by atoms with E-state index in [9.17, 15) is 19.5 Å². The molecule has 1 aromatic carbocycles. The van der Waals surface area contributed by atoms with Crippen LogP contribution in [0.5, 0.6) is 0 Å². The number of nitrogens with one attached hydrogen (secondary N) is 1. The zero-order valence-electron chi connectivity index (χ0n) is 21.4. The van der Waals surface area contributed by atoms with Gasteiger partial charge in [0, 0.05) is 22.1 Å². The normalized spacial score (nSPS) is 19.2. The number of esters is 1. The van der Waals surface area contributed by atoms with E-state index < -0.39 is 17.6 Å². The summed E-state index contributed by atoms with van der Waals surface area (Å²) in [4.78, 5) is 43.2. The second kappa shape index (κ2) is 10.3. The first-order valence-electron chi connectivity index (χ1n) is 12.4. The van der Waals surface area contributed by atoms with Gasteiger partial charge in [0.05, 0.1) is 41.3 Å². The largest absolute Gasteiger partial charge is 0.458 e. The molecule has 4 heterocycles. The molecule has 0 aliphatic carbocycles. The van der Waals surface area contributed by atoms with Gasteiger partial charge in [-0.05, 0) is 24.5 Å². The van der Waals surface area contributed by atoms with Crippen LogP contribution in [0.15, 0.2) is 40.2 Å². The fraction of sp³-hybridized carbons (Fsp3) is 0.370. The van der Waals surface area contributed by atoms with Gasteiger partial charge in [0.25, 0.3) is 11.5 Å². The molecular weight excluding hydrogens is 510 g/mol. The van der Waals surface area contributed by atoms with Crippen LogP contribution in [0.4, 0.5) is 0 Å². The highest BCUT2D eigenvalue weighted by Crippen LogP contribution is 2.39. The molecule has 2 aliphatic heterocycles. The van der Waals surface area contributed by atoms with Gasteiger partial charge in [-0.3, -0.25) is 9.59 Å². The topological polar surface area (TPSA) is 149 Å². The maximum absolute atomic E-state index is 13.5. The Hall–Kier alpha value is -3.60. The minimum absolute atomic E-state index is 0. The van der Waals surface area contributed by atoms with Crippen LogP contribution >= 0.6 is 12.4 Å². The van der Waals surface area contributed by atoms with Gasteiger partial charge >= 0.3 is 5.97 Å². The highest BCUT2D eigenvalue weighted by molar-refractivity contribution is 6.02. The van der Waals surface area contributed by atoms with E-state index in [1.807, 2.05) is 38.1 Å². The number of carbonyl (C=O) groups excluding carboxylic acids is 2. The third kappa shape index (κ3) is 4.18. The number of nitrogens with zero attached hydrogens (tertiary/aromatic N) is 3. The molecule has 0 saturated heterocycles. The molecule has 1 amide bonds. The third-order valence-corrected chi connectivity index (χ3v) is 7.57. The first-order valence-corrected chi connectivity index (χ1v) is 12.4. The number of para-hydroxylation sites is 1. The molecule has 38 heavy (non-hydrogen) atoms. The van der Waals surface area contributed by atoms with Crippen LogP contribution in [0.3, 0.4) is 0 Å². The molecule has 200 valence electrons. The lowest BCUT2D eigenvalue weighted by Gasteiger charge is -2.31. The maximum atomic E-state index is 13.5. The number of aromatic nitrogens is 2. The number of hydrogen-bond donors (Lipinski definition) is 3. The molecular formula is C27H30ClN5O5. The number of benzene rings is 1. The second-order valence-electron chi connectivity index (χ2n) is 9.62. The number of ether oxygens (including phenoxy) is 1. The summed E-state index contributed by atoms with van der Waals surface area (Å²) in [6, 6.07) is 8.47. The van der Waals surface area contributed by atoms with Crippen LogP contribution in [-0.2, 0) is 33.1 Å². The number of halogens is 1. The average Bonchev–Trinajstić information content (AvgIpc) is 3.28. The van der Waals surface area contributed by atoms with Crippen molar-refractivity contribution >= 4 is 41.4 Å². The summed E-state index contributed by atoms with van der Waals surface area (Å²) in [5.41, 5.74) is 10.0. The Balaban J connectivity index is 0.00000336. The van der Waals surface area contributed by atoms with E-state index in [-0.39, 0.29) is 60.5 Å². The molecule has 5 rings (SSSR count). The highest BCUT2D eigenvalue weighted by atomic mass is 35.5. The van der Waals surface area contributed by atoms with Gasteiger partial charge in [0.2, 0.25) is 0 Å². The maximum Gasteiger partial charge on any atom is 0.343 e. The van der Waals surface area contributed by atoms with Crippen LogP contribution in [0.2, 0.25) is 0 Å². The van der Waals surface area contributed by atoms with Gasteiger partial charge < -0.3 is 20.1 Å². The van der Waals surface area contributed by atoms with E-state index in [4.69, 9.17) is 15.5 Å². The second-order valence-corrected chi connectivity index (χ2v) is 9.62. The number of rotatable bonds is 6. The fourth-order valence-electron chi connectivity index (χ4n) is 4.95. The molecule has 2 aromatic heterocycles. The van der Waals surface area contributed by atoms with Gasteiger partial charge in [-0.2, -0.15) is 5.10 Å². The number of aliphatic hydroxyl groups is 1. The Bertz CT molecular complexity index is 1530. The quantitative estimate of drug-likeness (QED) is 0.193. The van der Waals surface area contributed by atoms with E-state index >= 15 is 0 Å². The average molecular weight is 540 g/mol. The summed E-state index contributed by atoms with van der Waals surface area (Å²) in [7, 11) is 0. The molecule has 2 unspecified atom stereocenters. The zero-order valence-corrected chi connectivity index (χ0v) is 22.2. The summed E-state index contributed by atoms with van der Waals surface area (Å²) in [5.74, 6) is -1.14. The molecule has 4 N–H and O–H groups in total. The lowest BCUT2D eigenvalue weighted by Crippen LogP contribution is -2.44. The summed E-state index contributed by atoms with van der Waals surface area (Å²) in [6.45, 7) is 5.56. The monoisotopic (exact) mass is 539 g/mol. The van der Waals surface area contributed by atoms with Crippen molar-refractivity contribution in [2.75, 3.05) is 0 Å². The number of fused-ring (bicyclic) bond motifs is 5. The van der Waals surface area contributed by atoms with Crippen molar-refractivity contribution in [3.8, 4) is 11.4 Å². The Morgan fingerprint density at radius 1 is 1.32 bits per heavy atom. The van der Waals surface area contributed by atoms with Crippen molar-refractivity contribution in [1.82, 2.24) is 15.0 Å². The Labute approximate surface area is 225 Å². The van der Waals surface area contributed by atoms with E-state index in [1.165, 1.54) is 0 Å². The number of nitrogens with two attached hydrogens (primary N) is 1. The molecule has 3 atom stereocenters. The number of hydrogen-bond acceptors (Lipinski definition) is 8. The first-order chi connectivity index (χ1) is 17.7. The van der Waals surface area contributed by atoms with E-state index in [2.05, 4.69) is 10.5 Å². The number of pyridine rings is 2. The third-order valence-electron chi connectivity index (χ3n) is 7.57. The molecule has 3 aromatic rings. The predicted molar refractivity (Wildman–Crippen MR) is 145 cm³/mol. The minimum atomic E-state index is -1.90. The van der Waals surface area contributed by atoms with Crippen molar-refractivity contribution in [3.63, 3.8) is 0 Å². The molecule has 10 nitrogen and oxygen atoms in total.